The topological polar surface area (TPSA) is 62.3 Å². The maximum Gasteiger partial charge on any atom is 0.242 e. The minimum atomic E-state index is -3.71. The van der Waals surface area contributed by atoms with Crippen LogP contribution in [0.1, 0.15) is 13.8 Å². The lowest BCUT2D eigenvalue weighted by Gasteiger charge is -2.16. The summed E-state index contributed by atoms with van der Waals surface area (Å²) in [5.41, 5.74) is 0. The highest BCUT2D eigenvalue weighted by molar-refractivity contribution is 7.89. The Balaban J connectivity index is 2.14. The van der Waals surface area contributed by atoms with Crippen LogP contribution in [-0.2, 0) is 10.0 Å². The van der Waals surface area contributed by atoms with Gasteiger partial charge in [-0.1, -0.05) is 13.8 Å². The van der Waals surface area contributed by atoms with Crippen molar-refractivity contribution in [1.82, 2.24) is 14.6 Å². The summed E-state index contributed by atoms with van der Waals surface area (Å²) >= 11 is 0. The molecule has 7 heteroatoms. The molecule has 0 radical (unpaired) electrons. The van der Waals surface area contributed by atoms with Crippen LogP contribution in [0.25, 0.3) is 0 Å². The van der Waals surface area contributed by atoms with Gasteiger partial charge in [-0.25, -0.2) is 17.5 Å². The summed E-state index contributed by atoms with van der Waals surface area (Å²) < 4.78 is 40.0. The maximum atomic E-state index is 13.0. The van der Waals surface area contributed by atoms with Gasteiger partial charge in [0.05, 0.1) is 6.20 Å². The lowest BCUT2D eigenvalue weighted by Crippen LogP contribution is -2.39. The molecule has 0 saturated carbocycles. The molecule has 1 fully saturated rings. The van der Waals surface area contributed by atoms with Gasteiger partial charge in [0.25, 0.3) is 0 Å². The number of nitrogens with zero attached hydrogens (tertiary/aromatic N) is 2. The second-order valence-corrected chi connectivity index (χ2v) is 6.61. The summed E-state index contributed by atoms with van der Waals surface area (Å²) in [6.07, 6.45) is 2.14. The molecule has 106 valence electrons. The Morgan fingerprint density at radius 3 is 2.79 bits per heavy atom. The number of hydrogen-bond donors (Lipinski definition) is 1. The average Bonchev–Trinajstić information content (AvgIpc) is 2.70. The zero-order valence-corrected chi connectivity index (χ0v) is 11.8. The molecule has 1 aromatic rings. The zero-order chi connectivity index (χ0) is 14.0. The van der Waals surface area contributed by atoms with E-state index in [1.165, 1.54) is 0 Å². The van der Waals surface area contributed by atoms with Crippen LogP contribution < -0.4 is 4.72 Å². The van der Waals surface area contributed by atoms with Gasteiger partial charge in [0, 0.05) is 25.3 Å². The van der Waals surface area contributed by atoms with Crippen molar-refractivity contribution in [3.63, 3.8) is 0 Å². The van der Waals surface area contributed by atoms with Crippen LogP contribution in [0.2, 0.25) is 0 Å². The quantitative estimate of drug-likeness (QED) is 0.891. The standard InChI is InChI=1S/C12H18FN3O2S/c1-3-16-7-9(2)12(8-16)15-19(17,18)11-4-10(13)5-14-6-11/h4-6,9,12,15H,3,7-8H2,1-2H3/t9-,12+/m1/s1. The van der Waals surface area contributed by atoms with Crippen molar-refractivity contribution in [1.29, 1.82) is 0 Å². The molecule has 19 heavy (non-hydrogen) atoms. The number of aromatic nitrogens is 1. The van der Waals surface area contributed by atoms with Gasteiger partial charge in [0.15, 0.2) is 0 Å². The van der Waals surface area contributed by atoms with E-state index >= 15 is 0 Å². The molecule has 1 N–H and O–H groups in total. The fourth-order valence-corrected chi connectivity index (χ4v) is 3.59. The number of likely N-dealkylation sites (N-methyl/N-ethyl adjacent to an activating group) is 1. The van der Waals surface area contributed by atoms with Gasteiger partial charge in [-0.15, -0.1) is 0 Å². The van der Waals surface area contributed by atoms with Crippen LogP contribution in [0.15, 0.2) is 23.4 Å². The van der Waals surface area contributed by atoms with Crippen molar-refractivity contribution in [2.24, 2.45) is 5.92 Å². The van der Waals surface area contributed by atoms with E-state index in [1.807, 2.05) is 13.8 Å². The number of halogens is 1. The van der Waals surface area contributed by atoms with Crippen LogP contribution in [-0.4, -0.2) is 44.0 Å². The Bertz CT molecular complexity index is 550. The third kappa shape index (κ3) is 3.29. The van der Waals surface area contributed by atoms with Crippen molar-refractivity contribution in [2.75, 3.05) is 19.6 Å². The molecular weight excluding hydrogens is 269 g/mol. The Morgan fingerprint density at radius 1 is 1.47 bits per heavy atom. The fraction of sp³-hybridized carbons (Fsp3) is 0.583. The first-order valence-electron chi connectivity index (χ1n) is 6.27. The van der Waals surface area contributed by atoms with Gasteiger partial charge in [0.2, 0.25) is 10.0 Å². The summed E-state index contributed by atoms with van der Waals surface area (Å²) in [6, 6.07) is 0.834. The fourth-order valence-electron chi connectivity index (χ4n) is 2.29. The van der Waals surface area contributed by atoms with E-state index in [0.29, 0.717) is 6.54 Å². The van der Waals surface area contributed by atoms with Crippen LogP contribution in [0.4, 0.5) is 4.39 Å². The first-order chi connectivity index (χ1) is 8.92. The highest BCUT2D eigenvalue weighted by atomic mass is 32.2. The molecule has 0 aromatic carbocycles. The largest absolute Gasteiger partial charge is 0.302 e. The van der Waals surface area contributed by atoms with E-state index < -0.39 is 15.8 Å². The highest BCUT2D eigenvalue weighted by Gasteiger charge is 2.32. The molecule has 0 aliphatic carbocycles. The summed E-state index contributed by atoms with van der Waals surface area (Å²) in [5, 5.41) is 0. The maximum absolute atomic E-state index is 13.0. The van der Waals surface area contributed by atoms with Crippen molar-refractivity contribution in [2.45, 2.75) is 24.8 Å². The highest BCUT2D eigenvalue weighted by Crippen LogP contribution is 2.18. The van der Waals surface area contributed by atoms with Crippen molar-refractivity contribution >= 4 is 10.0 Å². The summed E-state index contributed by atoms with van der Waals surface area (Å²) in [5.74, 6) is -0.422. The predicted octanol–water partition coefficient (Wildman–Crippen LogP) is 0.839. The zero-order valence-electron chi connectivity index (χ0n) is 11.0. The summed E-state index contributed by atoms with van der Waals surface area (Å²) in [4.78, 5) is 5.62. The van der Waals surface area contributed by atoms with Gasteiger partial charge in [-0.3, -0.25) is 4.98 Å². The molecule has 1 aromatic heterocycles. The van der Waals surface area contributed by atoms with Crippen LogP contribution in [0, 0.1) is 11.7 Å². The molecule has 0 bridgehead atoms. The van der Waals surface area contributed by atoms with Gasteiger partial charge in [0.1, 0.15) is 10.7 Å². The van der Waals surface area contributed by atoms with Crippen molar-refractivity contribution in [3.05, 3.63) is 24.3 Å². The lowest BCUT2D eigenvalue weighted by molar-refractivity contribution is 0.344. The minimum Gasteiger partial charge on any atom is -0.302 e. The molecule has 5 nitrogen and oxygen atoms in total. The summed E-state index contributed by atoms with van der Waals surface area (Å²) in [6.45, 7) is 6.49. The van der Waals surface area contributed by atoms with E-state index in [1.54, 1.807) is 0 Å². The molecule has 2 heterocycles. The molecule has 0 unspecified atom stereocenters. The van der Waals surface area contributed by atoms with Crippen LogP contribution >= 0.6 is 0 Å². The van der Waals surface area contributed by atoms with E-state index in [0.717, 1.165) is 31.5 Å². The Labute approximate surface area is 112 Å². The van der Waals surface area contributed by atoms with Crippen LogP contribution in [0.3, 0.4) is 0 Å². The predicted molar refractivity (Wildman–Crippen MR) is 69.6 cm³/mol. The molecule has 0 amide bonds. The van der Waals surface area contributed by atoms with Gasteiger partial charge < -0.3 is 4.90 Å². The van der Waals surface area contributed by atoms with E-state index in [2.05, 4.69) is 14.6 Å². The Hall–Kier alpha value is -1.05. The lowest BCUT2D eigenvalue weighted by atomic mass is 10.1. The van der Waals surface area contributed by atoms with E-state index in [4.69, 9.17) is 0 Å². The number of hydrogen-bond acceptors (Lipinski definition) is 4. The molecule has 2 atom stereocenters. The number of rotatable bonds is 4. The van der Waals surface area contributed by atoms with E-state index in [9.17, 15) is 12.8 Å². The van der Waals surface area contributed by atoms with Crippen molar-refractivity contribution < 1.29 is 12.8 Å². The van der Waals surface area contributed by atoms with Crippen LogP contribution in [0.5, 0.6) is 0 Å². The first-order valence-corrected chi connectivity index (χ1v) is 7.76. The second-order valence-electron chi connectivity index (χ2n) is 4.90. The number of sulfonamides is 1. The summed E-state index contributed by atoms with van der Waals surface area (Å²) in [7, 11) is -3.71. The minimum absolute atomic E-state index is 0.130. The average molecular weight is 287 g/mol. The molecule has 1 aliphatic rings. The molecule has 0 spiro atoms. The molecular formula is C12H18FN3O2S. The number of nitrogens with one attached hydrogen (secondary N) is 1. The second kappa shape index (κ2) is 5.52. The third-order valence-electron chi connectivity index (χ3n) is 3.43. The van der Waals surface area contributed by atoms with Crippen molar-refractivity contribution in [3.8, 4) is 0 Å². The smallest absolute Gasteiger partial charge is 0.242 e. The Morgan fingerprint density at radius 2 is 2.21 bits per heavy atom. The molecule has 1 saturated heterocycles. The third-order valence-corrected chi connectivity index (χ3v) is 4.89. The number of pyridine rings is 1. The van der Waals surface area contributed by atoms with Gasteiger partial charge in [-0.05, 0) is 18.5 Å². The van der Waals surface area contributed by atoms with E-state index in [-0.39, 0.29) is 16.9 Å². The normalized spacial score (nSPS) is 24.8. The van der Waals surface area contributed by atoms with Gasteiger partial charge >= 0.3 is 0 Å². The Kier molecular flexibility index (Phi) is 4.17. The monoisotopic (exact) mass is 287 g/mol. The molecule has 2 rings (SSSR count). The molecule has 1 aliphatic heterocycles. The van der Waals surface area contributed by atoms with Gasteiger partial charge in [-0.2, -0.15) is 0 Å². The first kappa shape index (κ1) is 14.4. The number of likely N-dealkylation sites (tertiary alicyclic amines) is 1. The SMILES string of the molecule is CCN1C[C@@H](C)[C@@H](NS(=O)(=O)c2cncc(F)c2)C1.